The summed E-state index contributed by atoms with van der Waals surface area (Å²) in [4.78, 5) is 48.1. The van der Waals surface area contributed by atoms with E-state index in [0.717, 1.165) is 27.8 Å². The standard InChI is InChI=1S/C20H24N2O5S/c1-20(2,3)14-8-6-13(7-9-14)11-15-18(26)22(19(27)28-15)12-16(23)21-10-4-5-17(24)25/h6-9,11H,4-5,10,12H2,1-3H3,(H,21,23)(H,24,25)/b15-11-. The Hall–Kier alpha value is -2.61. The summed E-state index contributed by atoms with van der Waals surface area (Å²) in [5.41, 5.74) is 1.99. The van der Waals surface area contributed by atoms with Gasteiger partial charge in [-0.25, -0.2) is 0 Å². The van der Waals surface area contributed by atoms with Crippen LogP contribution in [0.1, 0.15) is 44.7 Å². The van der Waals surface area contributed by atoms with Crippen LogP contribution < -0.4 is 5.32 Å². The lowest BCUT2D eigenvalue weighted by Gasteiger charge is -2.18. The first kappa shape index (κ1) is 21.7. The molecule has 2 rings (SSSR count). The van der Waals surface area contributed by atoms with Crippen molar-refractivity contribution in [2.24, 2.45) is 0 Å². The molecule has 7 nitrogen and oxygen atoms in total. The second kappa shape index (κ2) is 9.05. The lowest BCUT2D eigenvalue weighted by molar-refractivity contribution is -0.137. The van der Waals surface area contributed by atoms with Crippen molar-refractivity contribution >= 4 is 40.9 Å². The molecule has 2 N–H and O–H groups in total. The molecule has 0 atom stereocenters. The van der Waals surface area contributed by atoms with Gasteiger partial charge in [-0.1, -0.05) is 45.0 Å². The molecule has 3 amide bonds. The van der Waals surface area contributed by atoms with Crippen LogP contribution in [0.5, 0.6) is 0 Å². The molecule has 1 fully saturated rings. The molecule has 0 unspecified atom stereocenters. The van der Waals surface area contributed by atoms with Crippen LogP contribution in [0.2, 0.25) is 0 Å². The highest BCUT2D eigenvalue weighted by atomic mass is 32.2. The third-order valence-corrected chi connectivity index (χ3v) is 5.05. The molecule has 1 heterocycles. The first-order valence-corrected chi connectivity index (χ1v) is 9.74. The summed E-state index contributed by atoms with van der Waals surface area (Å²) in [6.07, 6.45) is 1.87. The van der Waals surface area contributed by atoms with Gasteiger partial charge in [0.15, 0.2) is 0 Å². The fourth-order valence-electron chi connectivity index (χ4n) is 2.53. The highest BCUT2D eigenvalue weighted by molar-refractivity contribution is 8.18. The average molecular weight is 404 g/mol. The summed E-state index contributed by atoms with van der Waals surface area (Å²) in [6.45, 7) is 6.13. The van der Waals surface area contributed by atoms with Crippen molar-refractivity contribution in [3.63, 3.8) is 0 Å². The zero-order valence-corrected chi connectivity index (χ0v) is 17.0. The van der Waals surface area contributed by atoms with Crippen molar-refractivity contribution in [2.75, 3.05) is 13.1 Å². The van der Waals surface area contributed by atoms with Crippen LogP contribution in [0.3, 0.4) is 0 Å². The molecular formula is C20H24N2O5S. The highest BCUT2D eigenvalue weighted by Crippen LogP contribution is 2.32. The average Bonchev–Trinajstić information content (AvgIpc) is 2.86. The molecule has 1 aliphatic heterocycles. The Morgan fingerprint density at radius 1 is 1.18 bits per heavy atom. The maximum atomic E-state index is 12.5. The molecule has 0 bridgehead atoms. The largest absolute Gasteiger partial charge is 0.481 e. The Morgan fingerprint density at radius 3 is 2.39 bits per heavy atom. The molecule has 0 aliphatic carbocycles. The van der Waals surface area contributed by atoms with Gasteiger partial charge >= 0.3 is 5.97 Å². The van der Waals surface area contributed by atoms with E-state index in [1.165, 1.54) is 0 Å². The molecule has 150 valence electrons. The smallest absolute Gasteiger partial charge is 0.303 e. The summed E-state index contributed by atoms with van der Waals surface area (Å²) in [7, 11) is 0. The number of imide groups is 1. The molecule has 0 aromatic heterocycles. The summed E-state index contributed by atoms with van der Waals surface area (Å²) >= 11 is 0.801. The van der Waals surface area contributed by atoms with Crippen LogP contribution in [-0.4, -0.2) is 46.1 Å². The van der Waals surface area contributed by atoms with E-state index in [1.807, 2.05) is 24.3 Å². The van der Waals surface area contributed by atoms with Gasteiger partial charge < -0.3 is 10.4 Å². The fraction of sp³-hybridized carbons (Fsp3) is 0.400. The zero-order chi connectivity index (χ0) is 20.9. The van der Waals surface area contributed by atoms with Crippen molar-refractivity contribution in [2.45, 2.75) is 39.0 Å². The predicted molar refractivity (Wildman–Crippen MR) is 108 cm³/mol. The van der Waals surface area contributed by atoms with Gasteiger partial charge in [-0.05, 0) is 40.8 Å². The maximum Gasteiger partial charge on any atom is 0.303 e. The molecule has 0 radical (unpaired) electrons. The first-order chi connectivity index (χ1) is 13.1. The third kappa shape index (κ3) is 5.95. The molecule has 1 aliphatic rings. The highest BCUT2D eigenvalue weighted by Gasteiger charge is 2.36. The normalized spacial score (nSPS) is 16.0. The number of rotatable bonds is 7. The summed E-state index contributed by atoms with van der Waals surface area (Å²) < 4.78 is 0. The topological polar surface area (TPSA) is 104 Å². The van der Waals surface area contributed by atoms with E-state index in [4.69, 9.17) is 5.11 Å². The van der Waals surface area contributed by atoms with Crippen LogP contribution in [0.4, 0.5) is 4.79 Å². The Morgan fingerprint density at radius 2 is 1.82 bits per heavy atom. The molecule has 0 spiro atoms. The summed E-state index contributed by atoms with van der Waals surface area (Å²) in [5.74, 6) is -1.94. The van der Waals surface area contributed by atoms with E-state index < -0.39 is 23.0 Å². The number of nitrogens with zero attached hydrogens (tertiary/aromatic N) is 1. The van der Waals surface area contributed by atoms with Gasteiger partial charge in [-0.15, -0.1) is 0 Å². The van der Waals surface area contributed by atoms with E-state index in [1.54, 1.807) is 6.08 Å². The van der Waals surface area contributed by atoms with Crippen molar-refractivity contribution in [3.05, 3.63) is 40.3 Å². The van der Waals surface area contributed by atoms with Gasteiger partial charge in [0.2, 0.25) is 5.91 Å². The number of thioether (sulfide) groups is 1. The molecule has 1 aromatic carbocycles. The Labute approximate surface area is 168 Å². The van der Waals surface area contributed by atoms with Gasteiger partial charge in [-0.2, -0.15) is 0 Å². The Balaban J connectivity index is 1.98. The van der Waals surface area contributed by atoms with Gasteiger partial charge in [0, 0.05) is 13.0 Å². The minimum Gasteiger partial charge on any atom is -0.481 e. The van der Waals surface area contributed by atoms with Gasteiger partial charge in [0.1, 0.15) is 6.54 Å². The monoisotopic (exact) mass is 404 g/mol. The van der Waals surface area contributed by atoms with Crippen LogP contribution in [-0.2, 0) is 19.8 Å². The van der Waals surface area contributed by atoms with Crippen molar-refractivity contribution < 1.29 is 24.3 Å². The maximum absolute atomic E-state index is 12.5. The molecule has 1 aromatic rings. The van der Waals surface area contributed by atoms with Gasteiger partial charge in [0.25, 0.3) is 11.1 Å². The number of carboxylic acids is 1. The second-order valence-electron chi connectivity index (χ2n) is 7.49. The number of carboxylic acid groups (broad SMARTS) is 1. The summed E-state index contributed by atoms with van der Waals surface area (Å²) in [5, 5.41) is 10.6. The number of carbonyl (C=O) groups is 4. The SMILES string of the molecule is CC(C)(C)c1ccc(/C=C2\SC(=O)N(CC(=O)NCCCC(=O)O)C2=O)cc1. The molecular weight excluding hydrogens is 380 g/mol. The molecule has 0 saturated carbocycles. The van der Waals surface area contributed by atoms with E-state index in [2.05, 4.69) is 26.1 Å². The van der Waals surface area contributed by atoms with E-state index >= 15 is 0 Å². The van der Waals surface area contributed by atoms with E-state index in [-0.39, 0.29) is 36.3 Å². The van der Waals surface area contributed by atoms with E-state index in [0.29, 0.717) is 0 Å². The Bertz CT molecular complexity index is 809. The van der Waals surface area contributed by atoms with Gasteiger partial charge in [0.05, 0.1) is 4.91 Å². The number of amides is 3. The van der Waals surface area contributed by atoms with Crippen molar-refractivity contribution in [3.8, 4) is 0 Å². The number of hydrogen-bond acceptors (Lipinski definition) is 5. The number of benzene rings is 1. The minimum atomic E-state index is -0.944. The predicted octanol–water partition coefficient (Wildman–Crippen LogP) is 3.00. The lowest BCUT2D eigenvalue weighted by atomic mass is 9.87. The molecule has 8 heteroatoms. The quantitative estimate of drug-likeness (QED) is 0.535. The number of carbonyl (C=O) groups excluding carboxylic acids is 3. The number of aliphatic carboxylic acids is 1. The number of nitrogens with one attached hydrogen (secondary N) is 1. The van der Waals surface area contributed by atoms with E-state index in [9.17, 15) is 19.2 Å². The van der Waals surface area contributed by atoms with Crippen molar-refractivity contribution in [1.29, 1.82) is 0 Å². The zero-order valence-electron chi connectivity index (χ0n) is 16.2. The third-order valence-electron chi connectivity index (χ3n) is 4.14. The Kier molecular flexibility index (Phi) is 7.01. The van der Waals surface area contributed by atoms with Crippen LogP contribution >= 0.6 is 11.8 Å². The molecule has 28 heavy (non-hydrogen) atoms. The van der Waals surface area contributed by atoms with Crippen LogP contribution in [0.25, 0.3) is 6.08 Å². The van der Waals surface area contributed by atoms with Crippen LogP contribution in [0, 0.1) is 0 Å². The number of hydrogen-bond donors (Lipinski definition) is 2. The lowest BCUT2D eigenvalue weighted by Crippen LogP contribution is -2.39. The molecule has 1 saturated heterocycles. The summed E-state index contributed by atoms with van der Waals surface area (Å²) in [6, 6.07) is 7.76. The van der Waals surface area contributed by atoms with Crippen LogP contribution in [0.15, 0.2) is 29.2 Å². The first-order valence-electron chi connectivity index (χ1n) is 8.92. The van der Waals surface area contributed by atoms with Crippen molar-refractivity contribution in [1.82, 2.24) is 10.2 Å². The fourth-order valence-corrected chi connectivity index (χ4v) is 3.37. The minimum absolute atomic E-state index is 0.0220. The van der Waals surface area contributed by atoms with Gasteiger partial charge in [-0.3, -0.25) is 24.1 Å². The second-order valence-corrected chi connectivity index (χ2v) is 8.48.